The van der Waals surface area contributed by atoms with Crippen molar-refractivity contribution >= 4 is 17.9 Å². The minimum absolute atomic E-state index is 0.0993. The van der Waals surface area contributed by atoms with E-state index in [-0.39, 0.29) is 37.5 Å². The molecule has 0 aliphatic rings. The van der Waals surface area contributed by atoms with Crippen molar-refractivity contribution in [1.82, 2.24) is 0 Å². The second kappa shape index (κ2) is 64.3. The molecule has 1 atom stereocenters. The zero-order valence-electron chi connectivity index (χ0n) is 50.2. The van der Waals surface area contributed by atoms with Crippen molar-refractivity contribution in [3.63, 3.8) is 0 Å². The summed E-state index contributed by atoms with van der Waals surface area (Å²) in [6.07, 6.45) is 89.1. The molecule has 0 spiro atoms. The van der Waals surface area contributed by atoms with Crippen LogP contribution in [0.5, 0.6) is 0 Å². The second-order valence-corrected chi connectivity index (χ2v) is 20.9. The van der Waals surface area contributed by atoms with Crippen LogP contribution in [0.3, 0.4) is 0 Å². The molecule has 0 amide bonds. The third kappa shape index (κ3) is 62.5. The monoisotopic (exact) mass is 1070 g/mol. The van der Waals surface area contributed by atoms with Crippen LogP contribution in [0, 0.1) is 0 Å². The Hall–Kier alpha value is -4.19. The first-order valence-electron chi connectivity index (χ1n) is 32.0. The highest BCUT2D eigenvalue weighted by atomic mass is 16.6. The van der Waals surface area contributed by atoms with Gasteiger partial charge in [-0.1, -0.05) is 264 Å². The number of ether oxygens (including phenoxy) is 3. The molecular weight excluding hydrogens is 949 g/mol. The van der Waals surface area contributed by atoms with Gasteiger partial charge in [0, 0.05) is 19.3 Å². The normalized spacial score (nSPS) is 12.9. The standard InChI is InChI=1S/C71H118O6/c1-4-7-10-13-16-19-22-25-28-31-34-35-38-40-43-46-49-52-55-58-61-64-70(73)76-67-68(77-71(74)65-62-59-56-53-50-47-44-41-37-33-30-27-24-21-18-15-12-9-6-3)66-75-69(72)63-60-57-54-51-48-45-42-39-36-32-29-26-23-20-17-14-11-8-5-2/h8-9,11-12,17-18,20-21,26-27,29-31,34,36-37,39,41,47,50,68H,4-7,10,13-16,19,22-25,28,32-33,35,38,40,42-46,48-49,51-67H2,1-3H3/b11-8-,12-9-,20-17-,21-18-,29-26-,30-27-,34-31-,39-36-,41-37-,50-47-. The summed E-state index contributed by atoms with van der Waals surface area (Å²) in [4.78, 5) is 38.4. The molecule has 0 N–H and O–H groups in total. The number of allylic oxidation sites excluding steroid dienone is 20. The Morgan fingerprint density at radius 3 is 0.818 bits per heavy atom. The Morgan fingerprint density at radius 2 is 0.506 bits per heavy atom. The number of esters is 3. The van der Waals surface area contributed by atoms with E-state index in [0.29, 0.717) is 12.8 Å². The average Bonchev–Trinajstić information content (AvgIpc) is 3.43. The molecule has 0 bridgehead atoms. The first-order chi connectivity index (χ1) is 38.0. The lowest BCUT2D eigenvalue weighted by Gasteiger charge is -2.18. The minimum atomic E-state index is -0.808. The van der Waals surface area contributed by atoms with Crippen molar-refractivity contribution in [2.24, 2.45) is 0 Å². The molecule has 0 fully saturated rings. The van der Waals surface area contributed by atoms with Crippen molar-refractivity contribution in [2.45, 2.75) is 297 Å². The number of hydrogen-bond donors (Lipinski definition) is 0. The first-order valence-corrected chi connectivity index (χ1v) is 32.0. The molecule has 0 aromatic carbocycles. The number of unbranched alkanes of at least 4 members (excludes halogenated alkanes) is 26. The Kier molecular flexibility index (Phi) is 60.8. The van der Waals surface area contributed by atoms with E-state index in [4.69, 9.17) is 14.2 Å². The summed E-state index contributed by atoms with van der Waals surface area (Å²) in [6.45, 7) is 6.39. The average molecular weight is 1070 g/mol. The molecule has 0 aliphatic heterocycles. The van der Waals surface area contributed by atoms with Gasteiger partial charge in [-0.3, -0.25) is 14.4 Å². The van der Waals surface area contributed by atoms with Crippen LogP contribution in [0.1, 0.15) is 290 Å². The molecule has 1 unspecified atom stereocenters. The molecular formula is C71H118O6. The van der Waals surface area contributed by atoms with Gasteiger partial charge >= 0.3 is 17.9 Å². The van der Waals surface area contributed by atoms with Crippen LogP contribution < -0.4 is 0 Å². The highest BCUT2D eigenvalue weighted by molar-refractivity contribution is 5.71. The van der Waals surface area contributed by atoms with Crippen molar-refractivity contribution in [2.75, 3.05) is 13.2 Å². The van der Waals surface area contributed by atoms with E-state index in [2.05, 4.69) is 142 Å². The van der Waals surface area contributed by atoms with Crippen LogP contribution >= 0.6 is 0 Å². The van der Waals surface area contributed by atoms with Gasteiger partial charge in [-0.15, -0.1) is 0 Å². The lowest BCUT2D eigenvalue weighted by Crippen LogP contribution is -2.30. The molecule has 0 saturated heterocycles. The van der Waals surface area contributed by atoms with Crippen LogP contribution in [-0.2, 0) is 28.6 Å². The Balaban J connectivity index is 4.47. The van der Waals surface area contributed by atoms with E-state index in [1.54, 1.807) is 0 Å². The van der Waals surface area contributed by atoms with Crippen LogP contribution in [-0.4, -0.2) is 37.2 Å². The fraction of sp³-hybridized carbons (Fsp3) is 0.676. The maximum atomic E-state index is 12.9. The summed E-state index contributed by atoms with van der Waals surface area (Å²) in [5.41, 5.74) is 0. The maximum absolute atomic E-state index is 12.9. The Morgan fingerprint density at radius 1 is 0.273 bits per heavy atom. The zero-order chi connectivity index (χ0) is 55.7. The molecule has 0 rings (SSSR count). The molecule has 0 aromatic rings. The van der Waals surface area contributed by atoms with Gasteiger partial charge in [0.25, 0.3) is 0 Å². The number of hydrogen-bond acceptors (Lipinski definition) is 6. The fourth-order valence-electron chi connectivity index (χ4n) is 8.69. The lowest BCUT2D eigenvalue weighted by atomic mass is 10.1. The van der Waals surface area contributed by atoms with E-state index < -0.39 is 6.10 Å². The number of carbonyl (C=O) groups excluding carboxylic acids is 3. The minimum Gasteiger partial charge on any atom is -0.462 e. The van der Waals surface area contributed by atoms with Gasteiger partial charge in [0.2, 0.25) is 0 Å². The van der Waals surface area contributed by atoms with Crippen LogP contribution in [0.2, 0.25) is 0 Å². The molecule has 6 heteroatoms. The van der Waals surface area contributed by atoms with Crippen molar-refractivity contribution in [3.8, 4) is 0 Å². The van der Waals surface area contributed by atoms with Crippen LogP contribution in [0.4, 0.5) is 0 Å². The van der Waals surface area contributed by atoms with Gasteiger partial charge in [-0.05, 0) is 128 Å². The predicted molar refractivity (Wildman–Crippen MR) is 334 cm³/mol. The molecule has 0 aromatic heterocycles. The van der Waals surface area contributed by atoms with E-state index in [9.17, 15) is 14.4 Å². The molecule has 0 saturated carbocycles. The topological polar surface area (TPSA) is 78.9 Å². The van der Waals surface area contributed by atoms with Crippen LogP contribution in [0.15, 0.2) is 122 Å². The summed E-state index contributed by atoms with van der Waals surface area (Å²) in [5.74, 6) is -0.943. The van der Waals surface area contributed by atoms with Gasteiger partial charge in [-0.25, -0.2) is 0 Å². The fourth-order valence-corrected chi connectivity index (χ4v) is 8.69. The largest absolute Gasteiger partial charge is 0.462 e. The number of rotatable bonds is 57. The molecule has 438 valence electrons. The summed E-state index contributed by atoms with van der Waals surface area (Å²) >= 11 is 0. The maximum Gasteiger partial charge on any atom is 0.306 e. The van der Waals surface area contributed by atoms with E-state index >= 15 is 0 Å². The van der Waals surface area contributed by atoms with E-state index in [1.807, 2.05) is 0 Å². The SMILES string of the molecule is CC/C=C\C/C=C\C/C=C\C/C=C\C/C=C\CCCCCC(=O)OC(COC(=O)CCCCCCCC/C=C\C/C=C\C/C=C\C/C=C\CC)COC(=O)CCCCCCCCCCC/C=C\CCCCCCCCCC. The van der Waals surface area contributed by atoms with Gasteiger partial charge in [0.05, 0.1) is 0 Å². The quantitative estimate of drug-likeness (QED) is 0.0261. The number of carbonyl (C=O) groups is 3. The molecule has 0 radical (unpaired) electrons. The summed E-state index contributed by atoms with van der Waals surface area (Å²) in [5, 5.41) is 0. The van der Waals surface area contributed by atoms with Crippen molar-refractivity contribution in [1.29, 1.82) is 0 Å². The third-order valence-corrected chi connectivity index (χ3v) is 13.4. The van der Waals surface area contributed by atoms with Gasteiger partial charge < -0.3 is 14.2 Å². The van der Waals surface area contributed by atoms with E-state index in [1.165, 1.54) is 116 Å². The Labute approximate surface area is 475 Å². The molecule has 0 heterocycles. The van der Waals surface area contributed by atoms with Crippen molar-refractivity contribution < 1.29 is 28.6 Å². The zero-order valence-corrected chi connectivity index (χ0v) is 50.2. The summed E-state index contributed by atoms with van der Waals surface area (Å²) < 4.78 is 16.9. The third-order valence-electron chi connectivity index (χ3n) is 13.4. The molecule has 6 nitrogen and oxygen atoms in total. The van der Waals surface area contributed by atoms with Gasteiger partial charge in [0.1, 0.15) is 13.2 Å². The second-order valence-electron chi connectivity index (χ2n) is 20.9. The highest BCUT2D eigenvalue weighted by Crippen LogP contribution is 2.15. The Bertz CT molecular complexity index is 1600. The van der Waals surface area contributed by atoms with Gasteiger partial charge in [0.15, 0.2) is 6.10 Å². The van der Waals surface area contributed by atoms with Gasteiger partial charge in [-0.2, -0.15) is 0 Å². The lowest BCUT2D eigenvalue weighted by molar-refractivity contribution is -0.167. The van der Waals surface area contributed by atoms with E-state index in [0.717, 1.165) is 135 Å². The molecule has 77 heavy (non-hydrogen) atoms. The van der Waals surface area contributed by atoms with Crippen LogP contribution in [0.25, 0.3) is 0 Å². The smallest absolute Gasteiger partial charge is 0.306 e. The summed E-state index contributed by atoms with van der Waals surface area (Å²) in [6, 6.07) is 0. The predicted octanol–water partition coefficient (Wildman–Crippen LogP) is 22.0. The molecule has 0 aliphatic carbocycles. The first kappa shape index (κ1) is 72.8. The highest BCUT2D eigenvalue weighted by Gasteiger charge is 2.19. The van der Waals surface area contributed by atoms with Crippen molar-refractivity contribution in [3.05, 3.63) is 122 Å². The summed E-state index contributed by atoms with van der Waals surface area (Å²) in [7, 11) is 0.